The molecule has 0 aliphatic rings. The first-order valence-electron chi connectivity index (χ1n) is 5.55. The van der Waals surface area contributed by atoms with Gasteiger partial charge in [-0.2, -0.15) is 0 Å². The van der Waals surface area contributed by atoms with Crippen LogP contribution in [-0.2, 0) is 0 Å². The van der Waals surface area contributed by atoms with E-state index in [2.05, 4.69) is 10.2 Å². The van der Waals surface area contributed by atoms with Crippen molar-refractivity contribution in [1.29, 1.82) is 0 Å². The maximum absolute atomic E-state index is 5.32. The van der Waals surface area contributed by atoms with Gasteiger partial charge in [-0.05, 0) is 0 Å². The van der Waals surface area contributed by atoms with E-state index in [1.165, 1.54) is 0 Å². The molecule has 2 aromatic rings. The number of benzene rings is 2. The summed E-state index contributed by atoms with van der Waals surface area (Å²) in [5, 5.41) is 7.86. The molecule has 0 amide bonds. The third-order valence-electron chi connectivity index (χ3n) is 2.36. The van der Waals surface area contributed by atoms with Gasteiger partial charge in [0.05, 0.1) is 0 Å². The number of hydrogen-bond donors (Lipinski definition) is 2. The molecule has 2 rings (SSSR count). The van der Waals surface area contributed by atoms with Crippen LogP contribution < -0.4 is 11.5 Å². The Morgan fingerprint density at radius 3 is 1.50 bits per heavy atom. The van der Waals surface area contributed by atoms with Crippen LogP contribution in [0.3, 0.4) is 0 Å². The SMILES string of the molecule is NC(N)=NN=C(c1ccccc1)c1ccccc1. The van der Waals surface area contributed by atoms with E-state index in [-0.39, 0.29) is 5.96 Å². The van der Waals surface area contributed by atoms with Gasteiger partial charge in [0, 0.05) is 11.1 Å². The zero-order valence-electron chi connectivity index (χ0n) is 9.82. The molecule has 0 bridgehead atoms. The molecule has 4 heteroatoms. The minimum atomic E-state index is -0.0561. The van der Waals surface area contributed by atoms with Crippen LogP contribution in [0.25, 0.3) is 0 Å². The quantitative estimate of drug-likeness (QED) is 0.485. The summed E-state index contributed by atoms with van der Waals surface area (Å²) in [5.41, 5.74) is 13.3. The van der Waals surface area contributed by atoms with Gasteiger partial charge in [-0.25, -0.2) is 0 Å². The number of guanidine groups is 1. The fourth-order valence-electron chi connectivity index (χ4n) is 1.58. The van der Waals surface area contributed by atoms with Crippen LogP contribution in [0, 0.1) is 0 Å². The van der Waals surface area contributed by atoms with Crippen LogP contribution in [-0.4, -0.2) is 11.7 Å². The van der Waals surface area contributed by atoms with Gasteiger partial charge < -0.3 is 11.5 Å². The van der Waals surface area contributed by atoms with Gasteiger partial charge in [0.25, 0.3) is 0 Å². The molecule has 0 saturated carbocycles. The highest BCUT2D eigenvalue weighted by atomic mass is 15.3. The first kappa shape index (κ1) is 11.9. The van der Waals surface area contributed by atoms with Crippen LogP contribution in [0.15, 0.2) is 70.9 Å². The van der Waals surface area contributed by atoms with Gasteiger partial charge in [-0.1, -0.05) is 60.7 Å². The summed E-state index contributed by atoms with van der Waals surface area (Å²) < 4.78 is 0. The number of nitrogens with zero attached hydrogens (tertiary/aromatic N) is 2. The van der Waals surface area contributed by atoms with Gasteiger partial charge in [0.2, 0.25) is 5.96 Å². The number of nitrogens with two attached hydrogens (primary N) is 2. The van der Waals surface area contributed by atoms with Crippen LogP contribution in [0.4, 0.5) is 0 Å². The summed E-state index contributed by atoms with van der Waals surface area (Å²) in [6, 6.07) is 19.6. The minimum absolute atomic E-state index is 0.0561. The van der Waals surface area contributed by atoms with E-state index in [0.29, 0.717) is 0 Å². The zero-order valence-corrected chi connectivity index (χ0v) is 9.82. The van der Waals surface area contributed by atoms with Crippen molar-refractivity contribution in [1.82, 2.24) is 0 Å². The second-order valence-electron chi connectivity index (χ2n) is 3.71. The lowest BCUT2D eigenvalue weighted by Gasteiger charge is -2.05. The maximum atomic E-state index is 5.32. The minimum Gasteiger partial charge on any atom is -0.369 e. The summed E-state index contributed by atoms with van der Waals surface area (Å²) in [5.74, 6) is -0.0561. The Bertz CT molecular complexity index is 513. The van der Waals surface area contributed by atoms with E-state index in [4.69, 9.17) is 11.5 Å². The molecule has 0 aromatic heterocycles. The highest BCUT2D eigenvalue weighted by molar-refractivity contribution is 6.12. The topological polar surface area (TPSA) is 76.8 Å². The second kappa shape index (κ2) is 5.63. The third kappa shape index (κ3) is 2.95. The summed E-state index contributed by atoms with van der Waals surface area (Å²) in [7, 11) is 0. The Morgan fingerprint density at radius 2 is 1.11 bits per heavy atom. The van der Waals surface area contributed by atoms with Crippen LogP contribution >= 0.6 is 0 Å². The fourth-order valence-corrected chi connectivity index (χ4v) is 1.58. The molecule has 4 nitrogen and oxygen atoms in total. The standard InChI is InChI=1S/C14H14N4/c15-14(16)18-17-13(11-7-3-1-4-8-11)12-9-5-2-6-10-12/h1-10H,(H4,15,16,18). The Morgan fingerprint density at radius 1 is 0.667 bits per heavy atom. The molecule has 4 N–H and O–H groups in total. The molecule has 0 heterocycles. The monoisotopic (exact) mass is 238 g/mol. The molecule has 0 unspecified atom stereocenters. The Labute approximate surface area is 106 Å². The largest absolute Gasteiger partial charge is 0.369 e. The lowest BCUT2D eigenvalue weighted by Crippen LogP contribution is -2.22. The highest BCUT2D eigenvalue weighted by Gasteiger charge is 2.05. The number of rotatable bonds is 3. The molecule has 0 saturated heterocycles. The van der Waals surface area contributed by atoms with Crippen molar-refractivity contribution in [2.24, 2.45) is 21.7 Å². The van der Waals surface area contributed by atoms with Gasteiger partial charge in [0.1, 0.15) is 5.71 Å². The molecular formula is C14H14N4. The normalized spacial score (nSPS) is 9.56. The Kier molecular flexibility index (Phi) is 3.71. The van der Waals surface area contributed by atoms with E-state index >= 15 is 0 Å². The van der Waals surface area contributed by atoms with E-state index in [1.807, 2.05) is 60.7 Å². The maximum Gasteiger partial charge on any atom is 0.211 e. The third-order valence-corrected chi connectivity index (χ3v) is 2.36. The zero-order chi connectivity index (χ0) is 12.8. The molecule has 0 aliphatic heterocycles. The van der Waals surface area contributed by atoms with Crippen LogP contribution in [0.5, 0.6) is 0 Å². The average molecular weight is 238 g/mol. The van der Waals surface area contributed by atoms with Gasteiger partial charge in [0.15, 0.2) is 0 Å². The van der Waals surface area contributed by atoms with Crippen molar-refractivity contribution >= 4 is 11.7 Å². The predicted octanol–water partition coefficient (Wildman–Crippen LogP) is 1.71. The van der Waals surface area contributed by atoms with Gasteiger partial charge >= 0.3 is 0 Å². The molecule has 18 heavy (non-hydrogen) atoms. The van der Waals surface area contributed by atoms with Crippen molar-refractivity contribution in [3.05, 3.63) is 71.8 Å². The summed E-state index contributed by atoms with van der Waals surface area (Å²) in [6.45, 7) is 0. The van der Waals surface area contributed by atoms with Gasteiger partial charge in [-0.3, -0.25) is 0 Å². The van der Waals surface area contributed by atoms with Crippen molar-refractivity contribution < 1.29 is 0 Å². The first-order chi connectivity index (χ1) is 8.77. The highest BCUT2D eigenvalue weighted by Crippen LogP contribution is 2.10. The second-order valence-corrected chi connectivity index (χ2v) is 3.71. The lowest BCUT2D eigenvalue weighted by atomic mass is 10.0. The van der Waals surface area contributed by atoms with Crippen LogP contribution in [0.2, 0.25) is 0 Å². The van der Waals surface area contributed by atoms with Crippen molar-refractivity contribution in [3.63, 3.8) is 0 Å². The summed E-state index contributed by atoms with van der Waals surface area (Å²) >= 11 is 0. The van der Waals surface area contributed by atoms with Crippen molar-refractivity contribution in [3.8, 4) is 0 Å². The van der Waals surface area contributed by atoms with E-state index < -0.39 is 0 Å². The summed E-state index contributed by atoms with van der Waals surface area (Å²) in [4.78, 5) is 0. The molecule has 0 spiro atoms. The molecule has 0 aliphatic carbocycles. The fraction of sp³-hybridized carbons (Fsp3) is 0. The average Bonchev–Trinajstić information content (AvgIpc) is 2.41. The molecule has 0 atom stereocenters. The summed E-state index contributed by atoms with van der Waals surface area (Å²) in [6.07, 6.45) is 0. The van der Waals surface area contributed by atoms with E-state index in [1.54, 1.807) is 0 Å². The van der Waals surface area contributed by atoms with Gasteiger partial charge in [-0.15, -0.1) is 10.2 Å². The van der Waals surface area contributed by atoms with Crippen molar-refractivity contribution in [2.45, 2.75) is 0 Å². The predicted molar refractivity (Wildman–Crippen MR) is 74.3 cm³/mol. The van der Waals surface area contributed by atoms with E-state index in [9.17, 15) is 0 Å². The molecule has 2 aromatic carbocycles. The lowest BCUT2D eigenvalue weighted by molar-refractivity contribution is 1.20. The molecule has 90 valence electrons. The van der Waals surface area contributed by atoms with Crippen molar-refractivity contribution in [2.75, 3.05) is 0 Å². The molecule has 0 radical (unpaired) electrons. The van der Waals surface area contributed by atoms with Crippen LogP contribution in [0.1, 0.15) is 11.1 Å². The Hall–Kier alpha value is -2.62. The molecular weight excluding hydrogens is 224 g/mol. The first-order valence-corrected chi connectivity index (χ1v) is 5.55. The Balaban J connectivity index is 2.49. The smallest absolute Gasteiger partial charge is 0.211 e. The number of hydrogen-bond acceptors (Lipinski definition) is 2. The van der Waals surface area contributed by atoms with E-state index in [0.717, 1.165) is 16.8 Å². The molecule has 0 fully saturated rings.